The molecule has 4 nitrogen and oxygen atoms in total. The lowest BCUT2D eigenvalue weighted by Gasteiger charge is -2.09. The summed E-state index contributed by atoms with van der Waals surface area (Å²) in [5.41, 5.74) is 6.54. The third-order valence-electron chi connectivity index (χ3n) is 4.39. The first kappa shape index (κ1) is 17.8. The first-order chi connectivity index (χ1) is 11.8. The van der Waals surface area contributed by atoms with Gasteiger partial charge in [-0.1, -0.05) is 6.07 Å². The fourth-order valence-corrected chi connectivity index (χ4v) is 3.83. The Bertz CT molecular complexity index is 841. The molecule has 0 aromatic heterocycles. The lowest BCUT2D eigenvalue weighted by Crippen LogP contribution is -2.09. The molecular weight excluding hydrogens is 368 g/mol. The Morgan fingerprint density at radius 3 is 2.48 bits per heavy atom. The number of hydrogen-bond acceptors (Lipinski definition) is 4. The van der Waals surface area contributed by atoms with E-state index in [1.807, 2.05) is 0 Å². The van der Waals surface area contributed by atoms with Gasteiger partial charge in [0.2, 0.25) is 0 Å². The summed E-state index contributed by atoms with van der Waals surface area (Å²) < 4.78 is 22.5. The van der Waals surface area contributed by atoms with Crippen molar-refractivity contribution in [1.29, 1.82) is 0 Å². The van der Waals surface area contributed by atoms with E-state index in [0.717, 1.165) is 0 Å². The van der Waals surface area contributed by atoms with E-state index in [4.69, 9.17) is 38.4 Å². The number of carbonyl (C=O) groups is 1. The molecule has 0 radical (unpaired) electrons. The molecule has 1 saturated carbocycles. The molecule has 0 amide bonds. The van der Waals surface area contributed by atoms with E-state index in [1.54, 1.807) is 18.2 Å². The Labute approximate surface area is 154 Å². The molecule has 1 fully saturated rings. The van der Waals surface area contributed by atoms with E-state index in [-0.39, 0.29) is 11.5 Å². The van der Waals surface area contributed by atoms with Gasteiger partial charge < -0.3 is 15.2 Å². The number of methoxy groups -OCH3 is 2. The Kier molecular flexibility index (Phi) is 4.56. The standard InChI is InChI=1S/C18H16Cl2FNO3/c1-24-10-4-6-14(25-2)11(8-10)17(23)16-15(18(16,19)20)9-3-5-12(21)13(22)7-9/h3-8,15-16H,22H2,1-2H3. The van der Waals surface area contributed by atoms with Crippen LogP contribution in [0.4, 0.5) is 10.1 Å². The van der Waals surface area contributed by atoms with Crippen LogP contribution in [0.3, 0.4) is 0 Å². The summed E-state index contributed by atoms with van der Waals surface area (Å²) in [7, 11) is 2.98. The molecule has 2 unspecified atom stereocenters. The average Bonchev–Trinajstić information content (AvgIpc) is 3.18. The number of benzene rings is 2. The molecule has 1 aliphatic rings. The molecule has 0 saturated heterocycles. The predicted molar refractivity (Wildman–Crippen MR) is 95.4 cm³/mol. The predicted octanol–water partition coefficient (Wildman–Crippen LogP) is 4.20. The Morgan fingerprint density at radius 2 is 1.88 bits per heavy atom. The van der Waals surface area contributed by atoms with Crippen LogP contribution in [0.25, 0.3) is 0 Å². The van der Waals surface area contributed by atoms with Gasteiger partial charge in [0.1, 0.15) is 21.6 Å². The number of hydrogen-bond donors (Lipinski definition) is 1. The second kappa shape index (κ2) is 6.39. The van der Waals surface area contributed by atoms with Crippen molar-refractivity contribution in [3.05, 3.63) is 53.3 Å². The topological polar surface area (TPSA) is 61.5 Å². The highest BCUT2D eigenvalue weighted by Gasteiger charge is 2.67. The van der Waals surface area contributed by atoms with Crippen LogP contribution in [0.2, 0.25) is 0 Å². The summed E-state index contributed by atoms with van der Waals surface area (Å²) in [5.74, 6) is -1.06. The molecule has 2 aromatic carbocycles. The lowest BCUT2D eigenvalue weighted by molar-refractivity contribution is 0.0961. The van der Waals surface area contributed by atoms with Gasteiger partial charge in [-0.3, -0.25) is 4.79 Å². The number of alkyl halides is 2. The summed E-state index contributed by atoms with van der Waals surface area (Å²) in [4.78, 5) is 13.0. The number of ketones is 1. The SMILES string of the molecule is COc1ccc(OC)c(C(=O)C2C(c3ccc(F)c(N)c3)C2(Cl)Cl)c1. The van der Waals surface area contributed by atoms with Crippen LogP contribution < -0.4 is 15.2 Å². The van der Waals surface area contributed by atoms with Crippen molar-refractivity contribution in [2.24, 2.45) is 5.92 Å². The zero-order chi connectivity index (χ0) is 18.4. The largest absolute Gasteiger partial charge is 0.497 e. The second-order valence-electron chi connectivity index (χ2n) is 5.84. The highest BCUT2D eigenvalue weighted by Crippen LogP contribution is 2.66. The molecule has 132 valence electrons. The monoisotopic (exact) mass is 383 g/mol. The van der Waals surface area contributed by atoms with Crippen LogP contribution in [-0.2, 0) is 0 Å². The van der Waals surface area contributed by atoms with Crippen molar-refractivity contribution >= 4 is 34.7 Å². The van der Waals surface area contributed by atoms with Crippen LogP contribution in [0, 0.1) is 11.7 Å². The normalized spacial score (nSPS) is 20.8. The second-order valence-corrected chi connectivity index (χ2v) is 7.29. The van der Waals surface area contributed by atoms with E-state index in [0.29, 0.717) is 22.6 Å². The van der Waals surface area contributed by atoms with Crippen molar-refractivity contribution in [2.45, 2.75) is 10.3 Å². The minimum absolute atomic E-state index is 0.0151. The number of rotatable bonds is 5. The summed E-state index contributed by atoms with van der Waals surface area (Å²) in [5, 5.41) is 0. The molecule has 0 bridgehead atoms. The van der Waals surface area contributed by atoms with Crippen molar-refractivity contribution in [3.63, 3.8) is 0 Å². The number of Topliss-reactive ketones (excluding diaryl/α,β-unsaturated/α-hetero) is 1. The highest BCUT2D eigenvalue weighted by molar-refractivity contribution is 6.54. The minimum atomic E-state index is -1.30. The number of carbonyl (C=O) groups excluding carboxylic acids is 1. The third kappa shape index (κ3) is 3.02. The summed E-state index contributed by atoms with van der Waals surface area (Å²) in [6, 6.07) is 9.14. The smallest absolute Gasteiger partial charge is 0.173 e. The zero-order valence-electron chi connectivity index (χ0n) is 13.6. The quantitative estimate of drug-likeness (QED) is 0.477. The van der Waals surface area contributed by atoms with E-state index in [2.05, 4.69) is 0 Å². The summed E-state index contributed by atoms with van der Waals surface area (Å²) >= 11 is 12.7. The maximum Gasteiger partial charge on any atom is 0.173 e. The van der Waals surface area contributed by atoms with E-state index >= 15 is 0 Å². The first-order valence-corrected chi connectivity index (χ1v) is 8.25. The van der Waals surface area contributed by atoms with Gasteiger partial charge in [-0.2, -0.15) is 0 Å². The van der Waals surface area contributed by atoms with Gasteiger partial charge in [0, 0.05) is 5.92 Å². The van der Waals surface area contributed by atoms with E-state index in [9.17, 15) is 9.18 Å². The number of halogens is 3. The molecule has 3 rings (SSSR count). The van der Waals surface area contributed by atoms with Gasteiger partial charge in [-0.15, -0.1) is 23.2 Å². The van der Waals surface area contributed by atoms with E-state index in [1.165, 1.54) is 32.4 Å². The van der Waals surface area contributed by atoms with Gasteiger partial charge in [0.15, 0.2) is 5.78 Å². The molecule has 7 heteroatoms. The Morgan fingerprint density at radius 1 is 1.16 bits per heavy atom. The van der Waals surface area contributed by atoms with Gasteiger partial charge >= 0.3 is 0 Å². The maximum absolute atomic E-state index is 13.4. The Hall–Kier alpha value is -1.98. The molecule has 2 aromatic rings. The fraction of sp³-hybridized carbons (Fsp3) is 0.278. The molecule has 2 atom stereocenters. The average molecular weight is 384 g/mol. The Balaban J connectivity index is 1.96. The highest BCUT2D eigenvalue weighted by atomic mass is 35.5. The number of anilines is 1. The van der Waals surface area contributed by atoms with Gasteiger partial charge in [0.25, 0.3) is 0 Å². The zero-order valence-corrected chi connectivity index (χ0v) is 15.1. The first-order valence-electron chi connectivity index (χ1n) is 7.50. The molecule has 0 heterocycles. The molecule has 1 aliphatic carbocycles. The van der Waals surface area contributed by atoms with Crippen LogP contribution in [0.15, 0.2) is 36.4 Å². The summed E-state index contributed by atoms with van der Waals surface area (Å²) in [6.45, 7) is 0. The van der Waals surface area contributed by atoms with Crippen LogP contribution in [-0.4, -0.2) is 24.3 Å². The van der Waals surface area contributed by atoms with E-state index < -0.39 is 22.0 Å². The van der Waals surface area contributed by atoms with Gasteiger partial charge in [-0.05, 0) is 35.9 Å². The maximum atomic E-state index is 13.4. The van der Waals surface area contributed by atoms with Gasteiger partial charge in [-0.25, -0.2) is 4.39 Å². The van der Waals surface area contributed by atoms with Crippen molar-refractivity contribution < 1.29 is 18.7 Å². The van der Waals surface area contributed by atoms with Crippen molar-refractivity contribution in [3.8, 4) is 11.5 Å². The minimum Gasteiger partial charge on any atom is -0.497 e. The number of nitrogens with two attached hydrogens (primary N) is 1. The molecular formula is C18H16Cl2FNO3. The fourth-order valence-electron chi connectivity index (χ4n) is 3.00. The van der Waals surface area contributed by atoms with Crippen LogP contribution in [0.1, 0.15) is 21.8 Å². The number of ether oxygens (including phenoxy) is 2. The third-order valence-corrected chi connectivity index (χ3v) is 5.33. The number of nitrogen functional groups attached to an aromatic ring is 1. The molecule has 0 aliphatic heterocycles. The van der Waals surface area contributed by atoms with Crippen molar-refractivity contribution in [1.82, 2.24) is 0 Å². The molecule has 0 spiro atoms. The van der Waals surface area contributed by atoms with Crippen LogP contribution in [0.5, 0.6) is 11.5 Å². The molecule has 25 heavy (non-hydrogen) atoms. The van der Waals surface area contributed by atoms with Crippen LogP contribution >= 0.6 is 23.2 Å². The molecule has 2 N–H and O–H groups in total. The van der Waals surface area contributed by atoms with Gasteiger partial charge in [0.05, 0.1) is 31.4 Å². The lowest BCUT2D eigenvalue weighted by atomic mass is 10.0. The van der Waals surface area contributed by atoms with Crippen molar-refractivity contribution in [2.75, 3.05) is 20.0 Å². The summed E-state index contributed by atoms with van der Waals surface area (Å²) in [6.07, 6.45) is 0.